The molecule has 7 nitrogen and oxygen atoms in total. The number of hydrogen-bond acceptors (Lipinski definition) is 6. The number of aromatic nitrogens is 2. The second kappa shape index (κ2) is 12.1. The van der Waals surface area contributed by atoms with Crippen molar-refractivity contribution in [2.45, 2.75) is 32.5 Å². The molecule has 10 heteroatoms. The van der Waals surface area contributed by atoms with E-state index in [0.29, 0.717) is 17.9 Å². The van der Waals surface area contributed by atoms with Gasteiger partial charge in [0.1, 0.15) is 6.61 Å². The molecule has 0 radical (unpaired) electrons. The van der Waals surface area contributed by atoms with E-state index in [1.54, 1.807) is 38.5 Å². The van der Waals surface area contributed by atoms with Gasteiger partial charge in [0.05, 0.1) is 36.1 Å². The van der Waals surface area contributed by atoms with Gasteiger partial charge >= 0.3 is 18.1 Å². The molecule has 1 atom stereocenters. The largest absolute Gasteiger partial charge is 0.466 e. The Bertz CT molecular complexity index is 1470. The van der Waals surface area contributed by atoms with Crippen LogP contribution < -0.4 is 5.32 Å². The van der Waals surface area contributed by atoms with Crippen LogP contribution in [-0.2, 0) is 31.8 Å². The molecule has 2 aromatic carbocycles. The number of rotatable bonds is 8. The fraction of sp³-hybridized carbons (Fsp3) is 0.233. The number of halogens is 3. The highest BCUT2D eigenvalue weighted by Crippen LogP contribution is 2.41. The lowest BCUT2D eigenvalue weighted by Crippen LogP contribution is -2.32. The topological polar surface area (TPSA) is 82.5 Å². The van der Waals surface area contributed by atoms with E-state index < -0.39 is 29.6 Å². The zero-order chi connectivity index (χ0) is 28.9. The summed E-state index contributed by atoms with van der Waals surface area (Å²) in [5, 5.41) is 2.97. The minimum Gasteiger partial charge on any atom is -0.466 e. The summed E-state index contributed by atoms with van der Waals surface area (Å²) in [7, 11) is 1.17. The number of nitrogens with zero attached hydrogens (tertiary/aromatic N) is 2. The van der Waals surface area contributed by atoms with Crippen LogP contribution in [0.4, 0.5) is 13.2 Å². The van der Waals surface area contributed by atoms with Crippen molar-refractivity contribution < 1.29 is 32.2 Å². The molecule has 1 aliphatic heterocycles. The number of benzene rings is 2. The lowest BCUT2D eigenvalue weighted by Gasteiger charge is -2.30. The first kappa shape index (κ1) is 28.4. The number of hydrogen-bond donors (Lipinski definition) is 1. The predicted octanol–water partition coefficient (Wildman–Crippen LogP) is 5.61. The van der Waals surface area contributed by atoms with Crippen molar-refractivity contribution in [1.29, 1.82) is 0 Å². The molecule has 208 valence electrons. The summed E-state index contributed by atoms with van der Waals surface area (Å²) in [6.07, 6.45) is 4.19. The van der Waals surface area contributed by atoms with E-state index in [1.807, 2.05) is 35.0 Å². The number of dihydropyridines is 1. The van der Waals surface area contributed by atoms with Crippen LogP contribution in [0.5, 0.6) is 0 Å². The van der Waals surface area contributed by atoms with Crippen molar-refractivity contribution in [1.82, 2.24) is 14.9 Å². The maximum atomic E-state index is 13.5. The molecular formula is C30H28F3N3O4. The lowest BCUT2D eigenvalue weighted by atomic mass is 9.80. The maximum absolute atomic E-state index is 13.5. The van der Waals surface area contributed by atoms with E-state index >= 15 is 0 Å². The van der Waals surface area contributed by atoms with Crippen molar-refractivity contribution in [2.24, 2.45) is 0 Å². The lowest BCUT2D eigenvalue weighted by molar-refractivity contribution is -0.138. The molecule has 2 heterocycles. The van der Waals surface area contributed by atoms with Crippen LogP contribution in [0.25, 0.3) is 6.08 Å². The number of imidazole rings is 1. The van der Waals surface area contributed by atoms with E-state index in [2.05, 4.69) is 10.3 Å². The number of methoxy groups -OCH3 is 1. The molecule has 1 aliphatic rings. The molecular weight excluding hydrogens is 523 g/mol. The molecule has 4 rings (SSSR count). The summed E-state index contributed by atoms with van der Waals surface area (Å²) >= 11 is 0. The Morgan fingerprint density at radius 1 is 1.05 bits per heavy atom. The molecule has 40 heavy (non-hydrogen) atoms. The summed E-state index contributed by atoms with van der Waals surface area (Å²) in [4.78, 5) is 30.0. The highest BCUT2D eigenvalue weighted by atomic mass is 19.4. The smallest absolute Gasteiger partial charge is 0.416 e. The number of carbonyl (C=O) groups excluding carboxylic acids is 2. The van der Waals surface area contributed by atoms with Crippen LogP contribution in [0.2, 0.25) is 0 Å². The second-order valence-electron chi connectivity index (χ2n) is 9.23. The quantitative estimate of drug-likeness (QED) is 0.367. The van der Waals surface area contributed by atoms with Crippen molar-refractivity contribution in [2.75, 3.05) is 13.7 Å². The fourth-order valence-corrected chi connectivity index (χ4v) is 4.58. The molecule has 0 spiro atoms. The van der Waals surface area contributed by atoms with Crippen molar-refractivity contribution in [3.63, 3.8) is 0 Å². The minimum atomic E-state index is -4.60. The van der Waals surface area contributed by atoms with Crippen molar-refractivity contribution >= 4 is 18.0 Å². The van der Waals surface area contributed by atoms with Crippen LogP contribution in [0.15, 0.2) is 95.9 Å². The summed E-state index contributed by atoms with van der Waals surface area (Å²) in [5.41, 5.74) is 2.03. The van der Waals surface area contributed by atoms with Crippen LogP contribution in [-0.4, -0.2) is 35.2 Å². The average molecular weight is 552 g/mol. The Morgan fingerprint density at radius 2 is 1.75 bits per heavy atom. The number of allylic oxidation sites excluding steroid dienone is 2. The van der Waals surface area contributed by atoms with Gasteiger partial charge in [-0.05, 0) is 42.7 Å². The number of nitrogens with one attached hydrogen (secondary N) is 1. The normalized spacial score (nSPS) is 15.8. The SMILES string of the molecule is COC(=O)C1=C(C)NC(C)=C(C(=O)OC/C=C/c2ccc(Cn3ccnc3)cc2)C1c1cccc(C(F)(F)F)c1. The van der Waals surface area contributed by atoms with E-state index in [0.717, 1.165) is 23.3 Å². The van der Waals surface area contributed by atoms with Crippen LogP contribution in [0, 0.1) is 0 Å². The third-order valence-electron chi connectivity index (χ3n) is 6.46. The molecule has 1 unspecified atom stereocenters. The van der Waals surface area contributed by atoms with Gasteiger partial charge in [0.2, 0.25) is 0 Å². The average Bonchev–Trinajstić information content (AvgIpc) is 3.44. The summed E-state index contributed by atoms with van der Waals surface area (Å²) in [6, 6.07) is 12.4. The molecule has 0 bridgehead atoms. The number of ether oxygens (including phenoxy) is 2. The Hall–Kier alpha value is -4.60. The van der Waals surface area contributed by atoms with E-state index in [-0.39, 0.29) is 23.3 Å². The first-order valence-corrected chi connectivity index (χ1v) is 12.4. The third kappa shape index (κ3) is 6.51. The van der Waals surface area contributed by atoms with Gasteiger partial charge in [-0.2, -0.15) is 13.2 Å². The molecule has 0 amide bonds. The molecule has 3 aromatic rings. The number of esters is 2. The standard InChI is InChI=1S/C30H28F3N3O4/c1-19-25(28(37)39-3)27(23-7-4-8-24(16-23)30(31,32)33)26(20(2)35-19)29(38)40-15-5-6-21-9-11-22(12-10-21)17-36-14-13-34-18-36/h4-14,16,18,27,35H,15,17H2,1-3H3/b6-5+. The zero-order valence-corrected chi connectivity index (χ0v) is 22.2. The highest BCUT2D eigenvalue weighted by molar-refractivity contribution is 5.99. The molecule has 0 fully saturated rings. The number of alkyl halides is 3. The second-order valence-corrected chi connectivity index (χ2v) is 9.23. The maximum Gasteiger partial charge on any atom is 0.416 e. The Morgan fingerprint density at radius 3 is 2.38 bits per heavy atom. The van der Waals surface area contributed by atoms with Gasteiger partial charge in [0, 0.05) is 30.3 Å². The van der Waals surface area contributed by atoms with Gasteiger partial charge in [0.15, 0.2) is 0 Å². The Kier molecular flexibility index (Phi) is 8.57. The predicted molar refractivity (Wildman–Crippen MR) is 143 cm³/mol. The van der Waals surface area contributed by atoms with Crippen LogP contribution in [0.3, 0.4) is 0 Å². The third-order valence-corrected chi connectivity index (χ3v) is 6.46. The van der Waals surface area contributed by atoms with Crippen LogP contribution >= 0.6 is 0 Å². The molecule has 0 saturated heterocycles. The van der Waals surface area contributed by atoms with E-state index in [9.17, 15) is 22.8 Å². The van der Waals surface area contributed by atoms with Crippen LogP contribution in [0.1, 0.15) is 42.0 Å². The van der Waals surface area contributed by atoms with Gasteiger partial charge in [-0.1, -0.05) is 48.5 Å². The minimum absolute atomic E-state index is 0.0302. The van der Waals surface area contributed by atoms with E-state index in [4.69, 9.17) is 9.47 Å². The summed E-state index contributed by atoms with van der Waals surface area (Å²) in [6.45, 7) is 3.81. The number of carbonyl (C=O) groups is 2. The highest BCUT2D eigenvalue weighted by Gasteiger charge is 2.39. The first-order valence-electron chi connectivity index (χ1n) is 12.4. The fourth-order valence-electron chi connectivity index (χ4n) is 4.58. The van der Waals surface area contributed by atoms with Gasteiger partial charge < -0.3 is 19.4 Å². The Balaban J connectivity index is 1.52. The summed E-state index contributed by atoms with van der Waals surface area (Å²) < 4.78 is 52.8. The summed E-state index contributed by atoms with van der Waals surface area (Å²) in [5.74, 6) is -2.64. The monoisotopic (exact) mass is 551 g/mol. The molecule has 0 saturated carbocycles. The molecule has 1 aromatic heterocycles. The van der Waals surface area contributed by atoms with E-state index in [1.165, 1.54) is 19.2 Å². The first-order chi connectivity index (χ1) is 19.1. The zero-order valence-electron chi connectivity index (χ0n) is 22.2. The van der Waals surface area contributed by atoms with Gasteiger partial charge in [-0.3, -0.25) is 0 Å². The van der Waals surface area contributed by atoms with Crippen molar-refractivity contribution in [3.05, 3.63) is 118 Å². The van der Waals surface area contributed by atoms with Gasteiger partial charge in [-0.15, -0.1) is 0 Å². The molecule has 0 aliphatic carbocycles. The van der Waals surface area contributed by atoms with Crippen molar-refractivity contribution in [3.8, 4) is 0 Å². The van der Waals surface area contributed by atoms with Gasteiger partial charge in [0.25, 0.3) is 0 Å². The molecule has 1 N–H and O–H groups in total. The van der Waals surface area contributed by atoms with Gasteiger partial charge in [-0.25, -0.2) is 14.6 Å². The Labute approximate surface area is 229 Å².